The lowest BCUT2D eigenvalue weighted by Gasteiger charge is -2.21. The molecule has 0 atom stereocenters. The van der Waals surface area contributed by atoms with E-state index in [2.05, 4.69) is 15.9 Å². The van der Waals surface area contributed by atoms with Crippen LogP contribution in [0, 0.1) is 17.1 Å². The van der Waals surface area contributed by atoms with Crippen LogP contribution >= 0.6 is 15.9 Å². The monoisotopic (exact) mass is 333 g/mol. The third-order valence-corrected chi connectivity index (χ3v) is 3.48. The van der Waals surface area contributed by atoms with Crippen LogP contribution in [0.2, 0.25) is 0 Å². The smallest absolute Gasteiger partial charge is 0.128 e. The number of hydrogen-bond donors (Lipinski definition) is 1. The molecule has 0 saturated carbocycles. The molecule has 0 spiro atoms. The van der Waals surface area contributed by atoms with E-state index >= 15 is 0 Å². The van der Waals surface area contributed by atoms with Gasteiger partial charge in [-0.1, -0.05) is 15.9 Å². The van der Waals surface area contributed by atoms with E-state index in [4.69, 9.17) is 11.0 Å². The molecule has 2 rings (SSSR count). The first-order valence-electron chi connectivity index (χ1n) is 5.96. The van der Waals surface area contributed by atoms with Crippen LogP contribution in [0.1, 0.15) is 11.1 Å². The molecule has 0 amide bonds. The molecule has 5 heteroatoms. The molecule has 0 fully saturated rings. The van der Waals surface area contributed by atoms with E-state index in [1.165, 1.54) is 12.1 Å². The van der Waals surface area contributed by atoms with Gasteiger partial charge in [-0.15, -0.1) is 0 Å². The van der Waals surface area contributed by atoms with Gasteiger partial charge >= 0.3 is 0 Å². The van der Waals surface area contributed by atoms with Gasteiger partial charge in [0, 0.05) is 23.6 Å². The first-order chi connectivity index (χ1) is 9.51. The SMILES string of the molecule is CN(Cc1cc(C#N)ccc1F)c1ccc(Br)cc1N. The Morgan fingerprint density at radius 2 is 2.05 bits per heavy atom. The first-order valence-corrected chi connectivity index (χ1v) is 6.75. The van der Waals surface area contributed by atoms with E-state index in [1.807, 2.05) is 30.1 Å². The van der Waals surface area contributed by atoms with Gasteiger partial charge in [0.2, 0.25) is 0 Å². The highest BCUT2D eigenvalue weighted by atomic mass is 79.9. The van der Waals surface area contributed by atoms with Crippen molar-refractivity contribution in [2.45, 2.75) is 6.54 Å². The maximum atomic E-state index is 13.8. The van der Waals surface area contributed by atoms with Gasteiger partial charge in [-0.2, -0.15) is 5.26 Å². The molecule has 0 bridgehead atoms. The number of nitrogen functional groups attached to an aromatic ring is 1. The maximum absolute atomic E-state index is 13.8. The van der Waals surface area contributed by atoms with Crippen molar-refractivity contribution in [1.29, 1.82) is 5.26 Å². The number of halogens is 2. The molecule has 20 heavy (non-hydrogen) atoms. The molecule has 0 aromatic heterocycles. The summed E-state index contributed by atoms with van der Waals surface area (Å²) < 4.78 is 14.7. The summed E-state index contributed by atoms with van der Waals surface area (Å²) in [5, 5.41) is 8.87. The summed E-state index contributed by atoms with van der Waals surface area (Å²) in [7, 11) is 1.83. The second-order valence-corrected chi connectivity index (χ2v) is 5.39. The highest BCUT2D eigenvalue weighted by Gasteiger charge is 2.10. The number of nitriles is 1. The summed E-state index contributed by atoms with van der Waals surface area (Å²) in [6.07, 6.45) is 0. The summed E-state index contributed by atoms with van der Waals surface area (Å²) in [6, 6.07) is 11.9. The fourth-order valence-corrected chi connectivity index (χ4v) is 2.36. The summed E-state index contributed by atoms with van der Waals surface area (Å²) in [6.45, 7) is 0.340. The third kappa shape index (κ3) is 3.09. The lowest BCUT2D eigenvalue weighted by atomic mass is 10.1. The normalized spacial score (nSPS) is 10.1. The van der Waals surface area contributed by atoms with Gasteiger partial charge in [-0.25, -0.2) is 4.39 Å². The minimum Gasteiger partial charge on any atom is -0.397 e. The number of nitrogens with two attached hydrogens (primary N) is 1. The highest BCUT2D eigenvalue weighted by Crippen LogP contribution is 2.27. The van der Waals surface area contributed by atoms with Crippen LogP contribution in [0.5, 0.6) is 0 Å². The number of hydrogen-bond acceptors (Lipinski definition) is 3. The summed E-state index contributed by atoms with van der Waals surface area (Å²) in [5.41, 5.74) is 8.29. The van der Waals surface area contributed by atoms with Crippen LogP contribution in [-0.4, -0.2) is 7.05 Å². The quantitative estimate of drug-likeness (QED) is 0.871. The molecular weight excluding hydrogens is 321 g/mol. The molecule has 102 valence electrons. The average Bonchev–Trinajstić information content (AvgIpc) is 2.41. The molecular formula is C15H13BrFN3. The molecule has 0 aliphatic rings. The van der Waals surface area contributed by atoms with Crippen molar-refractivity contribution in [2.75, 3.05) is 17.7 Å². The van der Waals surface area contributed by atoms with Crippen molar-refractivity contribution in [3.8, 4) is 6.07 Å². The zero-order valence-electron chi connectivity index (χ0n) is 10.9. The van der Waals surface area contributed by atoms with Crippen LogP contribution in [0.25, 0.3) is 0 Å². The van der Waals surface area contributed by atoms with Gasteiger partial charge in [0.05, 0.1) is 23.0 Å². The number of rotatable bonds is 3. The van der Waals surface area contributed by atoms with Crippen LogP contribution in [-0.2, 0) is 6.54 Å². The molecule has 2 aromatic rings. The first kappa shape index (κ1) is 14.4. The number of nitrogens with zero attached hydrogens (tertiary/aromatic N) is 2. The van der Waals surface area contributed by atoms with Crippen LogP contribution in [0.3, 0.4) is 0 Å². The molecule has 3 nitrogen and oxygen atoms in total. The number of anilines is 2. The molecule has 0 aliphatic carbocycles. The minimum absolute atomic E-state index is 0.327. The van der Waals surface area contributed by atoms with Crippen molar-refractivity contribution >= 4 is 27.3 Å². The fraction of sp³-hybridized carbons (Fsp3) is 0.133. The zero-order chi connectivity index (χ0) is 14.7. The second kappa shape index (κ2) is 5.93. The molecule has 0 heterocycles. The van der Waals surface area contributed by atoms with E-state index < -0.39 is 0 Å². The van der Waals surface area contributed by atoms with E-state index in [0.29, 0.717) is 23.4 Å². The Morgan fingerprint density at radius 1 is 1.30 bits per heavy atom. The van der Waals surface area contributed by atoms with Gasteiger partial charge < -0.3 is 10.6 Å². The summed E-state index contributed by atoms with van der Waals surface area (Å²) in [5.74, 6) is -0.327. The maximum Gasteiger partial charge on any atom is 0.128 e. The van der Waals surface area contributed by atoms with E-state index in [-0.39, 0.29) is 5.82 Å². The summed E-state index contributed by atoms with van der Waals surface area (Å²) in [4.78, 5) is 1.85. The Balaban J connectivity index is 2.27. The zero-order valence-corrected chi connectivity index (χ0v) is 12.5. The number of benzene rings is 2. The van der Waals surface area contributed by atoms with E-state index in [9.17, 15) is 4.39 Å². The molecule has 0 saturated heterocycles. The Kier molecular flexibility index (Phi) is 4.26. The van der Waals surface area contributed by atoms with Crippen molar-refractivity contribution < 1.29 is 4.39 Å². The van der Waals surface area contributed by atoms with E-state index in [0.717, 1.165) is 10.2 Å². The van der Waals surface area contributed by atoms with E-state index in [1.54, 1.807) is 12.1 Å². The van der Waals surface area contributed by atoms with Crippen LogP contribution < -0.4 is 10.6 Å². The predicted octanol–water partition coefficient (Wildman–Crippen LogP) is 3.68. The van der Waals surface area contributed by atoms with Gasteiger partial charge in [0.25, 0.3) is 0 Å². The average molecular weight is 334 g/mol. The molecule has 2 aromatic carbocycles. The Morgan fingerprint density at radius 3 is 2.70 bits per heavy atom. The molecule has 0 aliphatic heterocycles. The molecule has 0 unspecified atom stereocenters. The topological polar surface area (TPSA) is 53.0 Å². The minimum atomic E-state index is -0.327. The second-order valence-electron chi connectivity index (χ2n) is 4.48. The Bertz CT molecular complexity index is 679. The lowest BCUT2D eigenvalue weighted by Crippen LogP contribution is -2.18. The summed E-state index contributed by atoms with van der Waals surface area (Å²) >= 11 is 3.35. The Labute approximate surface area is 125 Å². The van der Waals surface area contributed by atoms with Crippen LogP contribution in [0.4, 0.5) is 15.8 Å². The van der Waals surface area contributed by atoms with Crippen molar-refractivity contribution in [1.82, 2.24) is 0 Å². The van der Waals surface area contributed by atoms with Crippen molar-refractivity contribution in [3.63, 3.8) is 0 Å². The van der Waals surface area contributed by atoms with Crippen molar-refractivity contribution in [3.05, 3.63) is 57.8 Å². The Hall–Kier alpha value is -2.06. The largest absolute Gasteiger partial charge is 0.397 e. The van der Waals surface area contributed by atoms with Gasteiger partial charge in [0.1, 0.15) is 5.82 Å². The fourth-order valence-electron chi connectivity index (χ4n) is 1.98. The van der Waals surface area contributed by atoms with Gasteiger partial charge in [-0.3, -0.25) is 0 Å². The third-order valence-electron chi connectivity index (χ3n) is 2.98. The molecule has 0 radical (unpaired) electrons. The molecule has 2 N–H and O–H groups in total. The highest BCUT2D eigenvalue weighted by molar-refractivity contribution is 9.10. The van der Waals surface area contributed by atoms with Crippen molar-refractivity contribution in [2.24, 2.45) is 0 Å². The van der Waals surface area contributed by atoms with Gasteiger partial charge in [0.15, 0.2) is 0 Å². The van der Waals surface area contributed by atoms with Gasteiger partial charge in [-0.05, 0) is 36.4 Å². The standard InChI is InChI=1S/C15H13BrFN3/c1-20(15-5-3-12(16)7-14(15)19)9-11-6-10(8-18)2-4-13(11)17/h2-7H,9,19H2,1H3. The lowest BCUT2D eigenvalue weighted by molar-refractivity contribution is 0.607. The predicted molar refractivity (Wildman–Crippen MR) is 81.8 cm³/mol. The van der Waals surface area contributed by atoms with Crippen LogP contribution in [0.15, 0.2) is 40.9 Å².